The van der Waals surface area contributed by atoms with Crippen molar-refractivity contribution in [3.8, 4) is 0 Å². The molecule has 0 aliphatic heterocycles. The van der Waals surface area contributed by atoms with E-state index in [-0.39, 0.29) is 12.4 Å². The molecule has 0 atom stereocenters. The number of hydrogen-bond donors (Lipinski definition) is 2. The van der Waals surface area contributed by atoms with Crippen molar-refractivity contribution < 1.29 is 13.9 Å². The number of nitrogen functional groups attached to an aromatic ring is 1. The summed E-state index contributed by atoms with van der Waals surface area (Å²) in [6.45, 7) is 3.82. The number of hydrogen-bond acceptors (Lipinski definition) is 4. The molecule has 0 fully saturated rings. The van der Waals surface area contributed by atoms with Crippen LogP contribution in [-0.2, 0) is 4.74 Å². The molecule has 0 aromatic heterocycles. The standard InChI is InChI=1S/C16H17FN2O2/c1-3-21-16(20)13-9-12(5-6-14(13)18)19-15-7-4-11(17)8-10(15)2/h4-9,19H,3,18H2,1-2H3. The summed E-state index contributed by atoms with van der Waals surface area (Å²) in [5.41, 5.74) is 8.66. The monoisotopic (exact) mass is 288 g/mol. The molecule has 0 saturated carbocycles. The van der Waals surface area contributed by atoms with Gasteiger partial charge in [-0.1, -0.05) is 0 Å². The number of nitrogens with two attached hydrogens (primary N) is 1. The number of nitrogens with one attached hydrogen (secondary N) is 1. The molecule has 0 aliphatic rings. The van der Waals surface area contributed by atoms with Gasteiger partial charge in [-0.3, -0.25) is 0 Å². The van der Waals surface area contributed by atoms with Gasteiger partial charge in [0, 0.05) is 17.1 Å². The minimum Gasteiger partial charge on any atom is -0.462 e. The van der Waals surface area contributed by atoms with Crippen molar-refractivity contribution in [2.45, 2.75) is 13.8 Å². The number of carbonyl (C=O) groups excluding carboxylic acids is 1. The second-order valence-electron chi connectivity index (χ2n) is 4.61. The molecule has 110 valence electrons. The van der Waals surface area contributed by atoms with Crippen molar-refractivity contribution in [2.24, 2.45) is 0 Å². The van der Waals surface area contributed by atoms with Gasteiger partial charge in [-0.15, -0.1) is 0 Å². The molecule has 0 bridgehead atoms. The van der Waals surface area contributed by atoms with E-state index in [1.807, 2.05) is 0 Å². The SMILES string of the molecule is CCOC(=O)c1cc(Nc2ccc(F)cc2C)ccc1N. The van der Waals surface area contributed by atoms with Crippen LogP contribution in [0.2, 0.25) is 0 Å². The maximum absolute atomic E-state index is 13.1. The molecule has 2 aromatic rings. The van der Waals surface area contributed by atoms with Crippen molar-refractivity contribution in [2.75, 3.05) is 17.7 Å². The molecule has 3 N–H and O–H groups in total. The van der Waals surface area contributed by atoms with Gasteiger partial charge in [0.2, 0.25) is 0 Å². The number of anilines is 3. The minimum atomic E-state index is -0.463. The van der Waals surface area contributed by atoms with E-state index in [1.165, 1.54) is 12.1 Å². The molecule has 0 aliphatic carbocycles. The smallest absolute Gasteiger partial charge is 0.340 e. The molecule has 0 amide bonds. The van der Waals surface area contributed by atoms with Gasteiger partial charge in [-0.05, 0) is 55.8 Å². The Bertz CT molecular complexity index is 671. The first-order valence-electron chi connectivity index (χ1n) is 6.61. The number of aryl methyl sites for hydroxylation is 1. The summed E-state index contributed by atoms with van der Waals surface area (Å²) >= 11 is 0. The van der Waals surface area contributed by atoms with Crippen LogP contribution >= 0.6 is 0 Å². The van der Waals surface area contributed by atoms with Gasteiger partial charge in [-0.2, -0.15) is 0 Å². The Morgan fingerprint density at radius 2 is 2.05 bits per heavy atom. The topological polar surface area (TPSA) is 64.3 Å². The van der Waals surface area contributed by atoms with Crippen molar-refractivity contribution in [3.63, 3.8) is 0 Å². The maximum Gasteiger partial charge on any atom is 0.340 e. The zero-order valence-electron chi connectivity index (χ0n) is 11.9. The number of halogens is 1. The van der Waals surface area contributed by atoms with Crippen molar-refractivity contribution in [1.29, 1.82) is 0 Å². The zero-order chi connectivity index (χ0) is 15.4. The Morgan fingerprint density at radius 3 is 2.71 bits per heavy atom. The lowest BCUT2D eigenvalue weighted by Gasteiger charge is -2.12. The summed E-state index contributed by atoms with van der Waals surface area (Å²) in [5.74, 6) is -0.753. The molecule has 0 spiro atoms. The van der Waals surface area contributed by atoms with Crippen LogP contribution in [0.5, 0.6) is 0 Å². The Morgan fingerprint density at radius 1 is 1.29 bits per heavy atom. The third-order valence-corrected chi connectivity index (χ3v) is 3.02. The van der Waals surface area contributed by atoms with Crippen molar-refractivity contribution >= 4 is 23.0 Å². The number of carbonyl (C=O) groups is 1. The molecule has 21 heavy (non-hydrogen) atoms. The summed E-state index contributed by atoms with van der Waals surface area (Å²) in [5, 5.41) is 3.13. The van der Waals surface area contributed by atoms with Crippen LogP contribution < -0.4 is 11.1 Å². The predicted molar refractivity (Wildman–Crippen MR) is 81.2 cm³/mol. The fourth-order valence-corrected chi connectivity index (χ4v) is 1.94. The van der Waals surface area contributed by atoms with Crippen LogP contribution in [-0.4, -0.2) is 12.6 Å². The average molecular weight is 288 g/mol. The van der Waals surface area contributed by atoms with Gasteiger partial charge in [0.15, 0.2) is 0 Å². The highest BCUT2D eigenvalue weighted by molar-refractivity contribution is 5.96. The van der Waals surface area contributed by atoms with E-state index in [0.717, 1.165) is 11.3 Å². The molecule has 2 rings (SSSR count). The highest BCUT2D eigenvalue weighted by Gasteiger charge is 2.12. The first kappa shape index (κ1) is 14.8. The summed E-state index contributed by atoms with van der Waals surface area (Å²) in [6.07, 6.45) is 0. The second kappa shape index (κ2) is 6.26. The number of esters is 1. The third kappa shape index (κ3) is 3.51. The van der Waals surface area contributed by atoms with E-state index >= 15 is 0 Å². The lowest BCUT2D eigenvalue weighted by molar-refractivity contribution is 0.0527. The molecule has 0 saturated heterocycles. The predicted octanol–water partition coefficient (Wildman–Crippen LogP) is 3.64. The molecular weight excluding hydrogens is 271 g/mol. The summed E-state index contributed by atoms with van der Waals surface area (Å²) < 4.78 is 18.0. The van der Waals surface area contributed by atoms with Gasteiger partial charge in [0.25, 0.3) is 0 Å². The number of benzene rings is 2. The lowest BCUT2D eigenvalue weighted by atomic mass is 10.1. The Labute approximate surface area is 122 Å². The van der Waals surface area contributed by atoms with Gasteiger partial charge in [0.1, 0.15) is 5.82 Å². The molecule has 2 aromatic carbocycles. The van der Waals surface area contributed by atoms with Crippen LogP contribution in [0.25, 0.3) is 0 Å². The average Bonchev–Trinajstić information content (AvgIpc) is 2.44. The van der Waals surface area contributed by atoms with E-state index in [9.17, 15) is 9.18 Å². The Kier molecular flexibility index (Phi) is 4.42. The fraction of sp³-hybridized carbons (Fsp3) is 0.188. The Hall–Kier alpha value is -2.56. The highest BCUT2D eigenvalue weighted by atomic mass is 19.1. The van der Waals surface area contributed by atoms with Crippen LogP contribution in [0.3, 0.4) is 0 Å². The van der Waals surface area contributed by atoms with Gasteiger partial charge >= 0.3 is 5.97 Å². The van der Waals surface area contributed by atoms with E-state index in [0.29, 0.717) is 16.9 Å². The van der Waals surface area contributed by atoms with E-state index in [2.05, 4.69) is 5.32 Å². The van der Waals surface area contributed by atoms with E-state index in [4.69, 9.17) is 10.5 Å². The minimum absolute atomic E-state index is 0.285. The van der Waals surface area contributed by atoms with Gasteiger partial charge < -0.3 is 15.8 Å². The van der Waals surface area contributed by atoms with Crippen molar-refractivity contribution in [1.82, 2.24) is 0 Å². The van der Waals surface area contributed by atoms with Crippen LogP contribution in [0.15, 0.2) is 36.4 Å². The highest BCUT2D eigenvalue weighted by Crippen LogP contribution is 2.24. The van der Waals surface area contributed by atoms with Gasteiger partial charge in [-0.25, -0.2) is 9.18 Å². The largest absolute Gasteiger partial charge is 0.462 e. The molecular formula is C16H17FN2O2. The zero-order valence-corrected chi connectivity index (χ0v) is 11.9. The fourth-order valence-electron chi connectivity index (χ4n) is 1.94. The second-order valence-corrected chi connectivity index (χ2v) is 4.61. The summed E-state index contributed by atoms with van der Waals surface area (Å²) in [6, 6.07) is 9.46. The summed E-state index contributed by atoms with van der Waals surface area (Å²) in [7, 11) is 0. The maximum atomic E-state index is 13.1. The van der Waals surface area contributed by atoms with Crippen molar-refractivity contribution in [3.05, 3.63) is 53.3 Å². The van der Waals surface area contributed by atoms with Crippen LogP contribution in [0.1, 0.15) is 22.8 Å². The molecule has 0 heterocycles. The first-order valence-corrected chi connectivity index (χ1v) is 6.61. The quantitative estimate of drug-likeness (QED) is 0.666. The van der Waals surface area contributed by atoms with E-state index in [1.54, 1.807) is 38.1 Å². The first-order chi connectivity index (χ1) is 10.0. The lowest BCUT2D eigenvalue weighted by Crippen LogP contribution is -2.08. The molecule has 5 heteroatoms. The van der Waals surface area contributed by atoms with E-state index < -0.39 is 5.97 Å². The molecule has 4 nitrogen and oxygen atoms in total. The Balaban J connectivity index is 2.28. The molecule has 0 radical (unpaired) electrons. The van der Waals surface area contributed by atoms with Crippen LogP contribution in [0.4, 0.5) is 21.5 Å². The summed E-state index contributed by atoms with van der Waals surface area (Å²) in [4.78, 5) is 11.8. The van der Waals surface area contributed by atoms with Crippen LogP contribution in [0, 0.1) is 12.7 Å². The number of ether oxygens (including phenoxy) is 1. The normalized spacial score (nSPS) is 10.2. The number of rotatable bonds is 4. The molecule has 0 unspecified atom stereocenters. The third-order valence-electron chi connectivity index (χ3n) is 3.02. The van der Waals surface area contributed by atoms with Gasteiger partial charge in [0.05, 0.1) is 12.2 Å².